The molecule has 0 bridgehead atoms. The van der Waals surface area contributed by atoms with Crippen LogP contribution in [0, 0.1) is 0 Å². The first kappa shape index (κ1) is 22.3. The molecule has 35 heavy (non-hydrogen) atoms. The molecule has 5 rings (SSSR count). The van der Waals surface area contributed by atoms with Gasteiger partial charge < -0.3 is 30.1 Å². The van der Waals surface area contributed by atoms with Crippen molar-refractivity contribution in [3.8, 4) is 17.1 Å². The Morgan fingerprint density at radius 3 is 2.74 bits per heavy atom. The second-order valence-electron chi connectivity index (χ2n) is 8.79. The molecule has 2 aromatic carbocycles. The maximum Gasteiger partial charge on any atom is 0.252 e. The fourth-order valence-electron chi connectivity index (χ4n) is 4.38. The Morgan fingerprint density at radius 2 is 2.03 bits per heavy atom. The zero-order chi connectivity index (χ0) is 24.7. The van der Waals surface area contributed by atoms with Gasteiger partial charge in [-0.2, -0.15) is 0 Å². The predicted molar refractivity (Wildman–Crippen MR) is 132 cm³/mol. The highest BCUT2D eigenvalue weighted by Crippen LogP contribution is 2.29. The molecule has 178 valence electrons. The summed E-state index contributed by atoms with van der Waals surface area (Å²) in [7, 11) is 0. The zero-order valence-corrected chi connectivity index (χ0v) is 19.3. The van der Waals surface area contributed by atoms with Crippen molar-refractivity contribution in [3.05, 3.63) is 72.3 Å². The van der Waals surface area contributed by atoms with E-state index >= 15 is 0 Å². The first-order valence-corrected chi connectivity index (χ1v) is 11.3. The molecule has 0 radical (unpaired) electrons. The van der Waals surface area contributed by atoms with Crippen LogP contribution >= 0.6 is 0 Å². The van der Waals surface area contributed by atoms with Gasteiger partial charge in [0.1, 0.15) is 23.9 Å². The second-order valence-corrected chi connectivity index (χ2v) is 8.79. The Bertz CT molecular complexity index is 1550. The second kappa shape index (κ2) is 8.68. The highest BCUT2D eigenvalue weighted by molar-refractivity contribution is 6.00. The van der Waals surface area contributed by atoms with Crippen LogP contribution in [0.1, 0.15) is 35.8 Å². The molecule has 0 aliphatic carbocycles. The molecule has 0 fully saturated rings. The number of phenols is 1. The largest absolute Gasteiger partial charge is 0.508 e. The van der Waals surface area contributed by atoms with Gasteiger partial charge in [0, 0.05) is 35.1 Å². The van der Waals surface area contributed by atoms with Crippen molar-refractivity contribution < 1.29 is 19.1 Å². The summed E-state index contributed by atoms with van der Waals surface area (Å²) in [5, 5.41) is 13.3. The van der Waals surface area contributed by atoms with Gasteiger partial charge in [-0.05, 0) is 61.9 Å². The number of H-pyrrole nitrogens is 1. The van der Waals surface area contributed by atoms with Gasteiger partial charge >= 0.3 is 0 Å². The van der Waals surface area contributed by atoms with E-state index in [4.69, 9.17) is 15.1 Å². The van der Waals surface area contributed by atoms with Crippen LogP contribution in [0.2, 0.25) is 0 Å². The number of nitrogens with two attached hydrogens (primary N) is 1. The third-order valence-corrected chi connectivity index (χ3v) is 6.07. The number of aromatic nitrogens is 3. The summed E-state index contributed by atoms with van der Waals surface area (Å²) in [5.41, 5.74) is 9.95. The van der Waals surface area contributed by atoms with Crippen LogP contribution in [0.4, 0.5) is 0 Å². The minimum atomic E-state index is -0.936. The number of aromatic hydroxyl groups is 1. The van der Waals surface area contributed by atoms with Crippen molar-refractivity contribution in [2.75, 3.05) is 0 Å². The first-order valence-electron chi connectivity index (χ1n) is 11.3. The molecule has 9 heteroatoms. The first-order chi connectivity index (χ1) is 16.8. The summed E-state index contributed by atoms with van der Waals surface area (Å²) in [6.45, 7) is 4.13. The van der Waals surface area contributed by atoms with E-state index in [9.17, 15) is 14.7 Å². The minimum absolute atomic E-state index is 0.113. The number of fused-ring (bicyclic) bond motifs is 2. The lowest BCUT2D eigenvalue weighted by Crippen LogP contribution is -2.45. The monoisotopic (exact) mass is 471 g/mol. The van der Waals surface area contributed by atoms with Crippen LogP contribution in [0.5, 0.6) is 5.75 Å². The van der Waals surface area contributed by atoms with Gasteiger partial charge in [0.2, 0.25) is 5.91 Å². The highest BCUT2D eigenvalue weighted by atomic mass is 16.3. The van der Waals surface area contributed by atoms with Crippen LogP contribution in [0.3, 0.4) is 0 Å². The molecule has 1 atom stereocenters. The molecule has 0 aliphatic heterocycles. The number of nitrogens with one attached hydrogen (secondary N) is 2. The lowest BCUT2D eigenvalue weighted by molar-refractivity contribution is -0.119. The molecule has 0 saturated carbocycles. The molecule has 3 aromatic heterocycles. The lowest BCUT2D eigenvalue weighted by atomic mass is 10.0. The molecule has 0 spiro atoms. The molecule has 5 aromatic rings. The number of aromatic amines is 1. The van der Waals surface area contributed by atoms with E-state index in [0.717, 1.165) is 33.4 Å². The van der Waals surface area contributed by atoms with E-state index in [1.54, 1.807) is 49.1 Å². The quantitative estimate of drug-likeness (QED) is 0.285. The van der Waals surface area contributed by atoms with Crippen LogP contribution in [0.25, 0.3) is 33.3 Å². The number of nitrogens with zero attached hydrogens (tertiary/aromatic N) is 2. The normalized spacial score (nSPS) is 12.4. The molecule has 9 nitrogen and oxygen atoms in total. The molecule has 2 amide bonds. The van der Waals surface area contributed by atoms with Gasteiger partial charge in [0.05, 0.1) is 22.9 Å². The molecule has 5 N–H and O–H groups in total. The van der Waals surface area contributed by atoms with Gasteiger partial charge in [-0.1, -0.05) is 0 Å². The van der Waals surface area contributed by atoms with Crippen LogP contribution < -0.4 is 11.1 Å². The Labute approximate surface area is 200 Å². The fraction of sp³-hybridized carbons (Fsp3) is 0.192. The Morgan fingerprint density at radius 1 is 1.20 bits per heavy atom. The third kappa shape index (κ3) is 4.12. The Hall–Kier alpha value is -4.53. The Kier molecular flexibility index (Phi) is 5.52. The molecular weight excluding hydrogens is 446 g/mol. The molecular formula is C26H25N5O4. The number of carbonyl (C=O) groups is 2. The topological polar surface area (TPSA) is 139 Å². The SMILES string of the molecule is CC(C)n1c(-c2ccoc2)nc2cc(C(=O)N[C@@H](Cc3c[nH]c4ccc(O)cc34)C(N)=O)ccc21. The van der Waals surface area contributed by atoms with Crippen molar-refractivity contribution >= 4 is 33.8 Å². The number of rotatable bonds is 7. The third-order valence-electron chi connectivity index (χ3n) is 6.07. The van der Waals surface area contributed by atoms with Crippen molar-refractivity contribution in [3.63, 3.8) is 0 Å². The molecule has 0 saturated heterocycles. The highest BCUT2D eigenvalue weighted by Gasteiger charge is 2.23. The van der Waals surface area contributed by atoms with Gasteiger partial charge in [-0.15, -0.1) is 0 Å². The summed E-state index contributed by atoms with van der Waals surface area (Å²) in [6, 6.07) is 11.2. The van der Waals surface area contributed by atoms with Crippen LogP contribution in [-0.2, 0) is 11.2 Å². The summed E-state index contributed by atoms with van der Waals surface area (Å²) in [6.07, 6.45) is 5.15. The van der Waals surface area contributed by atoms with Crippen LogP contribution in [-0.4, -0.2) is 37.5 Å². The van der Waals surface area contributed by atoms with Crippen molar-refractivity contribution in [2.45, 2.75) is 32.4 Å². The van der Waals surface area contributed by atoms with Crippen molar-refractivity contribution in [2.24, 2.45) is 5.73 Å². The van der Waals surface area contributed by atoms with E-state index in [1.165, 1.54) is 0 Å². The number of hydrogen-bond acceptors (Lipinski definition) is 5. The van der Waals surface area contributed by atoms with E-state index in [0.29, 0.717) is 11.1 Å². The van der Waals surface area contributed by atoms with Gasteiger partial charge in [-0.3, -0.25) is 9.59 Å². The molecule has 0 unspecified atom stereocenters. The average molecular weight is 472 g/mol. The maximum absolute atomic E-state index is 13.1. The predicted octanol–water partition coefficient (Wildman–Crippen LogP) is 3.89. The van der Waals surface area contributed by atoms with E-state index < -0.39 is 17.9 Å². The fourth-order valence-corrected chi connectivity index (χ4v) is 4.38. The van der Waals surface area contributed by atoms with E-state index in [1.807, 2.05) is 12.1 Å². The van der Waals surface area contributed by atoms with Crippen molar-refractivity contribution in [1.29, 1.82) is 0 Å². The number of imidazole rings is 1. The summed E-state index contributed by atoms with van der Waals surface area (Å²) >= 11 is 0. The van der Waals surface area contributed by atoms with E-state index in [-0.39, 0.29) is 18.2 Å². The maximum atomic E-state index is 13.1. The minimum Gasteiger partial charge on any atom is -0.508 e. The lowest BCUT2D eigenvalue weighted by Gasteiger charge is -2.16. The average Bonchev–Trinajstić information content (AvgIpc) is 3.56. The summed E-state index contributed by atoms with van der Waals surface area (Å²) in [4.78, 5) is 33.1. The van der Waals surface area contributed by atoms with E-state index in [2.05, 4.69) is 28.7 Å². The number of amides is 2. The number of primary amides is 1. The number of carbonyl (C=O) groups excluding carboxylic acids is 2. The number of furan rings is 1. The van der Waals surface area contributed by atoms with Crippen molar-refractivity contribution in [1.82, 2.24) is 19.9 Å². The molecule has 0 aliphatic rings. The van der Waals surface area contributed by atoms with Gasteiger partial charge in [0.25, 0.3) is 5.91 Å². The van der Waals surface area contributed by atoms with Gasteiger partial charge in [-0.25, -0.2) is 4.98 Å². The number of hydrogen-bond donors (Lipinski definition) is 4. The van der Waals surface area contributed by atoms with Gasteiger partial charge in [0.15, 0.2) is 0 Å². The number of phenolic OH excluding ortho intramolecular Hbond substituents is 1. The Balaban J connectivity index is 1.43. The standard InChI is InChI=1S/C26H25N5O4/c1-14(2)31-23-6-3-15(9-21(23)29-25(31)16-7-8-35-13-16)26(34)30-22(24(27)33)10-17-12-28-20-5-4-18(32)11-19(17)20/h3-9,11-14,22,28,32H,10H2,1-2H3,(H2,27,33)(H,30,34)/t22-/m0/s1. The summed E-state index contributed by atoms with van der Waals surface area (Å²) < 4.78 is 7.31. The zero-order valence-electron chi connectivity index (χ0n) is 19.3. The number of benzene rings is 2. The van der Waals surface area contributed by atoms with Crippen LogP contribution in [0.15, 0.2) is 65.6 Å². The summed E-state index contributed by atoms with van der Waals surface area (Å²) in [5.74, 6) is -0.219. The molecule has 3 heterocycles. The smallest absolute Gasteiger partial charge is 0.252 e.